The SMILES string of the molecule is Cc1nc(CC2(CBr)CC3CC3C2)cs1. The Labute approximate surface area is 103 Å². The summed E-state index contributed by atoms with van der Waals surface area (Å²) in [6.07, 6.45) is 5.55. The Hall–Kier alpha value is 0.110. The lowest BCUT2D eigenvalue weighted by molar-refractivity contribution is 0.305. The van der Waals surface area contributed by atoms with Crippen LogP contribution >= 0.6 is 27.3 Å². The quantitative estimate of drug-likeness (QED) is 0.770. The van der Waals surface area contributed by atoms with E-state index in [4.69, 9.17) is 0 Å². The van der Waals surface area contributed by atoms with E-state index < -0.39 is 0 Å². The van der Waals surface area contributed by atoms with Gasteiger partial charge < -0.3 is 0 Å². The summed E-state index contributed by atoms with van der Waals surface area (Å²) in [6, 6.07) is 0. The molecule has 1 nitrogen and oxygen atoms in total. The number of hydrogen-bond acceptors (Lipinski definition) is 2. The summed E-state index contributed by atoms with van der Waals surface area (Å²) in [5.41, 5.74) is 1.85. The molecule has 2 unspecified atom stereocenters. The first-order valence-corrected chi connectivity index (χ1v) is 7.68. The fourth-order valence-electron chi connectivity index (χ4n) is 3.18. The number of rotatable bonds is 3. The van der Waals surface area contributed by atoms with Gasteiger partial charge in [0.25, 0.3) is 0 Å². The van der Waals surface area contributed by atoms with Crippen LogP contribution in [0.2, 0.25) is 0 Å². The zero-order valence-electron chi connectivity index (χ0n) is 9.00. The van der Waals surface area contributed by atoms with Crippen molar-refractivity contribution in [2.24, 2.45) is 17.3 Å². The molecular weight excluding hydrogens is 270 g/mol. The van der Waals surface area contributed by atoms with Gasteiger partial charge in [0.05, 0.1) is 10.7 Å². The molecule has 2 aliphatic rings. The molecule has 15 heavy (non-hydrogen) atoms. The number of alkyl halides is 1. The Bertz CT molecular complexity index is 363. The monoisotopic (exact) mass is 285 g/mol. The zero-order chi connectivity index (χ0) is 10.5. The Morgan fingerprint density at radius 3 is 2.80 bits per heavy atom. The van der Waals surface area contributed by atoms with Gasteiger partial charge in [0.1, 0.15) is 0 Å². The number of aromatic nitrogens is 1. The maximum atomic E-state index is 4.60. The lowest BCUT2D eigenvalue weighted by Crippen LogP contribution is -2.23. The van der Waals surface area contributed by atoms with E-state index in [9.17, 15) is 0 Å². The van der Waals surface area contributed by atoms with Crippen molar-refractivity contribution in [2.75, 3.05) is 5.33 Å². The molecule has 0 bridgehead atoms. The average molecular weight is 286 g/mol. The normalized spacial score (nSPS) is 38.0. The van der Waals surface area contributed by atoms with Crippen molar-refractivity contribution in [2.45, 2.75) is 32.6 Å². The van der Waals surface area contributed by atoms with Gasteiger partial charge in [-0.25, -0.2) is 4.98 Å². The third-order valence-corrected chi connectivity index (χ3v) is 5.98. The molecule has 2 aliphatic carbocycles. The van der Waals surface area contributed by atoms with Gasteiger partial charge in [0, 0.05) is 10.7 Å². The highest BCUT2D eigenvalue weighted by Crippen LogP contribution is 2.61. The standard InChI is InChI=1S/C12H16BrNS/c1-8-14-11(6-15-8)5-12(7-13)3-9-2-10(9)4-12/h6,9-10H,2-5,7H2,1H3. The molecule has 2 saturated carbocycles. The molecule has 0 N–H and O–H groups in total. The summed E-state index contributed by atoms with van der Waals surface area (Å²) >= 11 is 5.50. The van der Waals surface area contributed by atoms with E-state index in [1.54, 1.807) is 11.3 Å². The number of halogens is 1. The summed E-state index contributed by atoms with van der Waals surface area (Å²) in [7, 11) is 0. The molecule has 0 amide bonds. The van der Waals surface area contributed by atoms with E-state index in [0.717, 1.165) is 17.2 Å². The Balaban J connectivity index is 1.75. The minimum absolute atomic E-state index is 0.536. The van der Waals surface area contributed by atoms with Crippen LogP contribution in [-0.4, -0.2) is 10.3 Å². The van der Waals surface area contributed by atoms with Gasteiger partial charge in [-0.2, -0.15) is 0 Å². The number of hydrogen-bond donors (Lipinski definition) is 0. The number of fused-ring (bicyclic) bond motifs is 1. The predicted molar refractivity (Wildman–Crippen MR) is 67.6 cm³/mol. The van der Waals surface area contributed by atoms with Gasteiger partial charge in [-0.1, -0.05) is 15.9 Å². The molecule has 1 aromatic heterocycles. The summed E-state index contributed by atoms with van der Waals surface area (Å²) in [5.74, 6) is 2.12. The van der Waals surface area contributed by atoms with E-state index >= 15 is 0 Å². The van der Waals surface area contributed by atoms with Crippen molar-refractivity contribution in [3.05, 3.63) is 16.1 Å². The molecule has 3 rings (SSSR count). The van der Waals surface area contributed by atoms with Gasteiger partial charge >= 0.3 is 0 Å². The number of nitrogens with zero attached hydrogens (tertiary/aromatic N) is 1. The topological polar surface area (TPSA) is 12.9 Å². The minimum atomic E-state index is 0.536. The summed E-state index contributed by atoms with van der Waals surface area (Å²) in [5, 5.41) is 4.60. The minimum Gasteiger partial charge on any atom is -0.247 e. The van der Waals surface area contributed by atoms with Crippen LogP contribution in [0, 0.1) is 24.2 Å². The third kappa shape index (κ3) is 1.89. The van der Waals surface area contributed by atoms with Crippen LogP contribution in [0.4, 0.5) is 0 Å². The predicted octanol–water partition coefficient (Wildman–Crippen LogP) is 3.81. The van der Waals surface area contributed by atoms with Crippen LogP contribution in [0.5, 0.6) is 0 Å². The first kappa shape index (κ1) is 10.3. The van der Waals surface area contributed by atoms with Gasteiger partial charge in [-0.05, 0) is 49.9 Å². The molecule has 3 heteroatoms. The van der Waals surface area contributed by atoms with Crippen LogP contribution in [0.15, 0.2) is 5.38 Å². The largest absolute Gasteiger partial charge is 0.247 e. The van der Waals surface area contributed by atoms with Gasteiger partial charge in [-0.15, -0.1) is 11.3 Å². The van der Waals surface area contributed by atoms with Gasteiger partial charge in [0.15, 0.2) is 0 Å². The van der Waals surface area contributed by atoms with Crippen molar-refractivity contribution >= 4 is 27.3 Å². The fraction of sp³-hybridized carbons (Fsp3) is 0.750. The molecule has 0 aromatic carbocycles. The second kappa shape index (κ2) is 3.56. The van der Waals surface area contributed by atoms with Crippen LogP contribution in [0.25, 0.3) is 0 Å². The maximum absolute atomic E-state index is 4.60. The lowest BCUT2D eigenvalue weighted by Gasteiger charge is -2.27. The average Bonchev–Trinajstić information content (AvgIpc) is 2.65. The lowest BCUT2D eigenvalue weighted by atomic mass is 9.81. The van der Waals surface area contributed by atoms with Crippen molar-refractivity contribution in [1.29, 1.82) is 0 Å². The first-order chi connectivity index (χ1) is 7.21. The summed E-state index contributed by atoms with van der Waals surface area (Å²) in [6.45, 7) is 2.10. The number of aryl methyl sites for hydroxylation is 1. The highest BCUT2D eigenvalue weighted by atomic mass is 79.9. The number of thiazole rings is 1. The second-order valence-corrected chi connectivity index (χ2v) is 6.96. The Morgan fingerprint density at radius 1 is 1.53 bits per heavy atom. The van der Waals surface area contributed by atoms with Gasteiger partial charge in [-0.3, -0.25) is 0 Å². The van der Waals surface area contributed by atoms with E-state index in [1.165, 1.54) is 36.4 Å². The van der Waals surface area contributed by atoms with Gasteiger partial charge in [0.2, 0.25) is 0 Å². The van der Waals surface area contributed by atoms with E-state index in [1.807, 2.05) is 0 Å². The van der Waals surface area contributed by atoms with E-state index in [0.29, 0.717) is 5.41 Å². The molecule has 1 heterocycles. The van der Waals surface area contributed by atoms with E-state index in [-0.39, 0.29) is 0 Å². The maximum Gasteiger partial charge on any atom is 0.0897 e. The molecule has 0 aliphatic heterocycles. The first-order valence-electron chi connectivity index (χ1n) is 5.68. The highest BCUT2D eigenvalue weighted by Gasteiger charge is 2.53. The van der Waals surface area contributed by atoms with Crippen LogP contribution in [-0.2, 0) is 6.42 Å². The molecule has 2 atom stereocenters. The van der Waals surface area contributed by atoms with Crippen LogP contribution in [0.3, 0.4) is 0 Å². The van der Waals surface area contributed by atoms with Crippen molar-refractivity contribution in [3.63, 3.8) is 0 Å². The molecular formula is C12H16BrNS. The smallest absolute Gasteiger partial charge is 0.0897 e. The fourth-order valence-corrected chi connectivity index (χ4v) is 4.45. The zero-order valence-corrected chi connectivity index (χ0v) is 11.4. The van der Waals surface area contributed by atoms with Crippen molar-refractivity contribution in [1.82, 2.24) is 4.98 Å². The molecule has 82 valence electrons. The third-order valence-electron chi connectivity index (χ3n) is 3.97. The molecule has 0 radical (unpaired) electrons. The summed E-state index contributed by atoms with van der Waals surface area (Å²) < 4.78 is 0. The van der Waals surface area contributed by atoms with Crippen molar-refractivity contribution in [3.8, 4) is 0 Å². The molecule has 1 aromatic rings. The Kier molecular flexibility index (Phi) is 2.44. The van der Waals surface area contributed by atoms with Crippen LogP contribution in [0.1, 0.15) is 30.0 Å². The summed E-state index contributed by atoms with van der Waals surface area (Å²) in [4.78, 5) is 4.60. The molecule has 2 fully saturated rings. The Morgan fingerprint density at radius 2 is 2.27 bits per heavy atom. The van der Waals surface area contributed by atoms with Crippen LogP contribution < -0.4 is 0 Å². The highest BCUT2D eigenvalue weighted by molar-refractivity contribution is 9.09. The molecule has 0 saturated heterocycles. The molecule has 0 spiro atoms. The van der Waals surface area contributed by atoms with E-state index in [2.05, 4.69) is 33.2 Å². The second-order valence-electron chi connectivity index (χ2n) is 5.33. The van der Waals surface area contributed by atoms with Crippen molar-refractivity contribution < 1.29 is 0 Å².